The molecule has 2 saturated heterocycles. The molecule has 43 heavy (non-hydrogen) atoms. The van der Waals surface area contributed by atoms with Gasteiger partial charge in [-0.05, 0) is 61.6 Å². The fraction of sp³-hybridized carbons (Fsp3) is 0.484. The van der Waals surface area contributed by atoms with Gasteiger partial charge in [-0.2, -0.15) is 0 Å². The fourth-order valence-electron chi connectivity index (χ4n) is 6.40. The molecule has 0 spiro atoms. The zero-order valence-corrected chi connectivity index (χ0v) is 24.4. The monoisotopic (exact) mass is 612 g/mol. The van der Waals surface area contributed by atoms with Crippen molar-refractivity contribution in [3.8, 4) is 5.19 Å². The van der Waals surface area contributed by atoms with Crippen molar-refractivity contribution in [2.75, 3.05) is 11.9 Å². The maximum absolute atomic E-state index is 14.1. The molecule has 1 saturated carbocycles. The van der Waals surface area contributed by atoms with Gasteiger partial charge in [-0.15, -0.1) is 0 Å². The van der Waals surface area contributed by atoms with E-state index in [2.05, 4.69) is 15.6 Å². The zero-order valence-electron chi connectivity index (χ0n) is 23.6. The summed E-state index contributed by atoms with van der Waals surface area (Å²) in [6.07, 6.45) is 5.52. The van der Waals surface area contributed by atoms with Crippen molar-refractivity contribution in [1.29, 1.82) is 0 Å². The number of nitrogens with one attached hydrogen (secondary N) is 2. The quantitative estimate of drug-likeness (QED) is 0.366. The number of rotatable bonds is 5. The molecule has 1 aromatic heterocycles. The Kier molecular flexibility index (Phi) is 8.21. The first-order chi connectivity index (χ1) is 20.7. The molecular formula is C31H34F2N4O5S. The topological polar surface area (TPSA) is 121 Å². The standard InChI is InChI=1S/C31H34F2N4O5S/c32-19-8-6-9-21(13-19)34-24-10-5-3-1-2-4-7-18-16-31(18,29(40)41)36-27(38)25-15-22(17-37(25)28(24)39)42-30-35-23-12-11-20(33)14-26(23)43-30/h6,8-9,11-14,18,22,24-25,34H,1-5,7,10,15-17H2,(H,36,38)(H,40,41)/t18-,22-,24+,25+,31-/m1/s1. The van der Waals surface area contributed by atoms with Crippen LogP contribution in [0, 0.1) is 17.6 Å². The van der Waals surface area contributed by atoms with Crippen LogP contribution >= 0.6 is 11.3 Å². The average molecular weight is 613 g/mol. The van der Waals surface area contributed by atoms with Crippen LogP contribution in [-0.4, -0.2) is 63.0 Å². The first kappa shape index (κ1) is 29.3. The van der Waals surface area contributed by atoms with Gasteiger partial charge in [0.05, 0.1) is 16.8 Å². The minimum Gasteiger partial charge on any atom is -0.479 e. The lowest BCUT2D eigenvalue weighted by Gasteiger charge is -2.30. The van der Waals surface area contributed by atoms with E-state index in [1.165, 1.54) is 40.5 Å². The highest BCUT2D eigenvalue weighted by atomic mass is 32.1. The van der Waals surface area contributed by atoms with Gasteiger partial charge in [0.2, 0.25) is 11.8 Å². The minimum absolute atomic E-state index is 0.0754. The Morgan fingerprint density at radius 3 is 2.63 bits per heavy atom. The van der Waals surface area contributed by atoms with Gasteiger partial charge in [0, 0.05) is 12.1 Å². The maximum atomic E-state index is 14.1. The second kappa shape index (κ2) is 12.1. The largest absolute Gasteiger partial charge is 0.479 e. The minimum atomic E-state index is -1.33. The van der Waals surface area contributed by atoms with Crippen LogP contribution in [0.2, 0.25) is 0 Å². The number of halogens is 2. The van der Waals surface area contributed by atoms with E-state index in [1.54, 1.807) is 18.2 Å². The Morgan fingerprint density at radius 1 is 1.07 bits per heavy atom. The van der Waals surface area contributed by atoms with Crippen LogP contribution in [0.15, 0.2) is 42.5 Å². The molecule has 9 nitrogen and oxygen atoms in total. The molecule has 2 aliphatic heterocycles. The van der Waals surface area contributed by atoms with Crippen LogP contribution in [0.3, 0.4) is 0 Å². The van der Waals surface area contributed by atoms with Crippen LogP contribution in [0.4, 0.5) is 14.5 Å². The lowest BCUT2D eigenvalue weighted by molar-refractivity contribution is -0.145. The first-order valence-corrected chi connectivity index (χ1v) is 15.6. The summed E-state index contributed by atoms with van der Waals surface area (Å²) < 4.78 is 34.5. The van der Waals surface area contributed by atoms with Crippen LogP contribution in [-0.2, 0) is 14.4 Å². The number of anilines is 1. The van der Waals surface area contributed by atoms with Crippen molar-refractivity contribution in [3.63, 3.8) is 0 Å². The SMILES string of the molecule is O=C1N[C@]2(C(=O)O)C[C@H]2CCCCCCC[C@H](Nc2cccc(F)c2)C(=O)N2C[C@H](Oc3nc4ccc(F)cc4s3)C[C@@H]12. The Balaban J connectivity index is 1.28. The summed E-state index contributed by atoms with van der Waals surface area (Å²) in [5.41, 5.74) is -0.302. The van der Waals surface area contributed by atoms with E-state index in [0.29, 0.717) is 40.4 Å². The number of nitrogens with zero attached hydrogens (tertiary/aromatic N) is 2. The van der Waals surface area contributed by atoms with Crippen molar-refractivity contribution >= 4 is 45.0 Å². The third-order valence-electron chi connectivity index (χ3n) is 8.79. The number of hydrogen-bond acceptors (Lipinski definition) is 7. The average Bonchev–Trinajstić information content (AvgIpc) is 3.29. The molecule has 3 fully saturated rings. The number of hydrogen-bond donors (Lipinski definition) is 3. The van der Waals surface area contributed by atoms with Crippen LogP contribution in [0.5, 0.6) is 5.19 Å². The number of carbonyl (C=O) groups is 3. The second-order valence-corrected chi connectivity index (χ2v) is 12.8. The number of fused-ring (bicyclic) bond motifs is 3. The van der Waals surface area contributed by atoms with E-state index in [4.69, 9.17) is 4.74 Å². The van der Waals surface area contributed by atoms with Crippen LogP contribution in [0.25, 0.3) is 10.2 Å². The number of carboxylic acids is 1. The number of amides is 2. The van der Waals surface area contributed by atoms with E-state index in [9.17, 15) is 28.3 Å². The number of thiazole rings is 1. The molecule has 0 radical (unpaired) electrons. The summed E-state index contributed by atoms with van der Waals surface area (Å²) in [7, 11) is 0. The third-order valence-corrected chi connectivity index (χ3v) is 9.70. The van der Waals surface area contributed by atoms with Crippen molar-refractivity contribution < 1.29 is 33.0 Å². The first-order valence-electron chi connectivity index (χ1n) is 14.8. The highest BCUT2D eigenvalue weighted by Gasteiger charge is 2.62. The van der Waals surface area contributed by atoms with Gasteiger partial charge in [0.25, 0.3) is 5.19 Å². The highest BCUT2D eigenvalue weighted by Crippen LogP contribution is 2.47. The fourth-order valence-corrected chi connectivity index (χ4v) is 7.31. The van der Waals surface area contributed by atoms with Gasteiger partial charge >= 0.3 is 5.97 Å². The molecule has 12 heteroatoms. The Bertz CT molecular complexity index is 1530. The van der Waals surface area contributed by atoms with E-state index in [1.807, 2.05) is 0 Å². The molecular weight excluding hydrogens is 578 g/mol. The van der Waals surface area contributed by atoms with Crippen molar-refractivity contribution in [3.05, 3.63) is 54.1 Å². The molecule has 6 rings (SSSR count). The van der Waals surface area contributed by atoms with E-state index in [0.717, 1.165) is 32.1 Å². The summed E-state index contributed by atoms with van der Waals surface area (Å²) in [5.74, 6) is -2.91. The summed E-state index contributed by atoms with van der Waals surface area (Å²) in [5, 5.41) is 16.3. The molecule has 1 aliphatic carbocycles. The number of carbonyl (C=O) groups excluding carboxylic acids is 2. The van der Waals surface area contributed by atoms with Crippen molar-refractivity contribution in [1.82, 2.24) is 15.2 Å². The summed E-state index contributed by atoms with van der Waals surface area (Å²) in [6, 6.07) is 8.44. The van der Waals surface area contributed by atoms with Gasteiger partial charge < -0.3 is 25.4 Å². The number of ether oxygens (including phenoxy) is 1. The molecule has 2 aromatic carbocycles. The van der Waals surface area contributed by atoms with Gasteiger partial charge in [0.1, 0.15) is 35.4 Å². The number of aliphatic carboxylic acids is 1. The normalized spacial score (nSPS) is 28.3. The molecule has 228 valence electrons. The summed E-state index contributed by atoms with van der Waals surface area (Å²) in [6.45, 7) is 0.0754. The number of benzene rings is 2. The molecule has 3 heterocycles. The van der Waals surface area contributed by atoms with Crippen LogP contribution in [0.1, 0.15) is 57.8 Å². The van der Waals surface area contributed by atoms with E-state index >= 15 is 0 Å². The molecule has 0 unspecified atom stereocenters. The predicted molar refractivity (Wildman–Crippen MR) is 157 cm³/mol. The smallest absolute Gasteiger partial charge is 0.329 e. The molecule has 2 amide bonds. The predicted octanol–water partition coefficient (Wildman–Crippen LogP) is 5.11. The van der Waals surface area contributed by atoms with Crippen molar-refractivity contribution in [2.24, 2.45) is 5.92 Å². The Labute approximate surface area is 251 Å². The van der Waals surface area contributed by atoms with Gasteiger partial charge in [-0.3, -0.25) is 9.59 Å². The molecule has 3 aromatic rings. The van der Waals surface area contributed by atoms with E-state index in [-0.39, 0.29) is 30.6 Å². The highest BCUT2D eigenvalue weighted by molar-refractivity contribution is 7.20. The summed E-state index contributed by atoms with van der Waals surface area (Å²) >= 11 is 1.17. The number of aromatic nitrogens is 1. The number of carboxylic acid groups (broad SMARTS) is 1. The van der Waals surface area contributed by atoms with Gasteiger partial charge in [-0.1, -0.05) is 49.5 Å². The molecule has 5 atom stereocenters. The maximum Gasteiger partial charge on any atom is 0.329 e. The zero-order chi connectivity index (χ0) is 30.1. The third kappa shape index (κ3) is 6.29. The summed E-state index contributed by atoms with van der Waals surface area (Å²) in [4.78, 5) is 46.1. The van der Waals surface area contributed by atoms with E-state index < -0.39 is 41.4 Å². The Morgan fingerprint density at radius 2 is 1.84 bits per heavy atom. The van der Waals surface area contributed by atoms with Gasteiger partial charge in [-0.25, -0.2) is 18.6 Å². The second-order valence-electron chi connectivity index (χ2n) is 11.8. The van der Waals surface area contributed by atoms with Gasteiger partial charge in [0.15, 0.2) is 0 Å². The lowest BCUT2D eigenvalue weighted by Crippen LogP contribution is -2.55. The Hall–Kier alpha value is -3.80. The molecule has 3 N–H and O–H groups in total. The van der Waals surface area contributed by atoms with Crippen molar-refractivity contribution in [2.45, 2.75) is 81.5 Å². The van der Waals surface area contributed by atoms with Crippen LogP contribution < -0.4 is 15.4 Å². The lowest BCUT2D eigenvalue weighted by atomic mass is 10.0. The molecule has 3 aliphatic rings. The molecule has 0 bridgehead atoms.